The Bertz CT molecular complexity index is 1160. The standard InChI is InChI=1S/C25H26N2O5S/c28-25(26-23-10-12-24(13-11-23)32-18-20-4-2-1-3-5-20)22-8-6-21(7-9-22)19-33(29,30)27-14-16-31-17-15-27/h1-13H,14-19H2,(H,26,28). The van der Waals surface area contributed by atoms with Gasteiger partial charge in [-0.2, -0.15) is 4.31 Å². The van der Waals surface area contributed by atoms with Gasteiger partial charge < -0.3 is 14.8 Å². The van der Waals surface area contributed by atoms with E-state index in [0.29, 0.717) is 55.5 Å². The summed E-state index contributed by atoms with van der Waals surface area (Å²) in [7, 11) is -3.40. The van der Waals surface area contributed by atoms with Crippen molar-refractivity contribution in [2.24, 2.45) is 0 Å². The summed E-state index contributed by atoms with van der Waals surface area (Å²) in [5.41, 5.74) is 2.81. The molecule has 7 nitrogen and oxygen atoms in total. The van der Waals surface area contributed by atoms with Gasteiger partial charge >= 0.3 is 0 Å². The summed E-state index contributed by atoms with van der Waals surface area (Å²) in [6, 6.07) is 23.7. The van der Waals surface area contributed by atoms with Crippen molar-refractivity contribution in [1.82, 2.24) is 4.31 Å². The van der Waals surface area contributed by atoms with Gasteiger partial charge in [0, 0.05) is 24.3 Å². The van der Waals surface area contributed by atoms with E-state index >= 15 is 0 Å². The number of nitrogens with one attached hydrogen (secondary N) is 1. The molecule has 1 heterocycles. The van der Waals surface area contributed by atoms with Crippen LogP contribution in [0.15, 0.2) is 78.9 Å². The summed E-state index contributed by atoms with van der Waals surface area (Å²) in [6.07, 6.45) is 0. The number of hydrogen-bond donors (Lipinski definition) is 1. The Morgan fingerprint density at radius 3 is 2.21 bits per heavy atom. The molecule has 3 aromatic rings. The Hall–Kier alpha value is -3.20. The highest BCUT2D eigenvalue weighted by molar-refractivity contribution is 7.88. The molecule has 1 amide bonds. The number of hydrogen-bond acceptors (Lipinski definition) is 5. The highest BCUT2D eigenvalue weighted by Gasteiger charge is 2.24. The van der Waals surface area contributed by atoms with Crippen molar-refractivity contribution < 1.29 is 22.7 Å². The summed E-state index contributed by atoms with van der Waals surface area (Å²) in [6.45, 7) is 2.05. The highest BCUT2D eigenvalue weighted by atomic mass is 32.2. The van der Waals surface area contributed by atoms with Crippen LogP contribution in [0.5, 0.6) is 5.75 Å². The minimum Gasteiger partial charge on any atom is -0.489 e. The summed E-state index contributed by atoms with van der Waals surface area (Å²) in [5.74, 6) is 0.345. The van der Waals surface area contributed by atoms with E-state index in [-0.39, 0.29) is 11.7 Å². The molecule has 0 unspecified atom stereocenters. The lowest BCUT2D eigenvalue weighted by Gasteiger charge is -2.26. The number of carbonyl (C=O) groups is 1. The quantitative estimate of drug-likeness (QED) is 0.548. The van der Waals surface area contributed by atoms with Crippen LogP contribution in [0.3, 0.4) is 0 Å². The first kappa shape index (κ1) is 23.0. The molecule has 172 valence electrons. The van der Waals surface area contributed by atoms with E-state index in [1.165, 1.54) is 4.31 Å². The third kappa shape index (κ3) is 6.41. The molecule has 1 N–H and O–H groups in total. The second-order valence-electron chi connectivity index (χ2n) is 7.72. The van der Waals surface area contributed by atoms with Crippen molar-refractivity contribution in [3.63, 3.8) is 0 Å². The zero-order valence-corrected chi connectivity index (χ0v) is 19.0. The van der Waals surface area contributed by atoms with Crippen LogP contribution in [0.1, 0.15) is 21.5 Å². The summed E-state index contributed by atoms with van der Waals surface area (Å²) in [4.78, 5) is 12.6. The fraction of sp³-hybridized carbons (Fsp3) is 0.240. The van der Waals surface area contributed by atoms with E-state index in [2.05, 4.69) is 5.32 Å². The Morgan fingerprint density at radius 2 is 1.55 bits per heavy atom. The number of nitrogens with zero attached hydrogens (tertiary/aromatic N) is 1. The number of morpholine rings is 1. The number of carbonyl (C=O) groups excluding carboxylic acids is 1. The minimum absolute atomic E-state index is 0.0979. The molecule has 8 heteroatoms. The van der Waals surface area contributed by atoms with E-state index in [1.807, 2.05) is 30.3 Å². The molecule has 0 aliphatic carbocycles. The van der Waals surface area contributed by atoms with Crippen molar-refractivity contribution in [2.75, 3.05) is 31.6 Å². The predicted molar refractivity (Wildman–Crippen MR) is 127 cm³/mol. The molecule has 4 rings (SSSR count). The van der Waals surface area contributed by atoms with Crippen molar-refractivity contribution in [2.45, 2.75) is 12.4 Å². The highest BCUT2D eigenvalue weighted by Crippen LogP contribution is 2.19. The molecular weight excluding hydrogens is 440 g/mol. The molecule has 3 aromatic carbocycles. The van der Waals surface area contributed by atoms with Crippen LogP contribution in [-0.2, 0) is 27.1 Å². The van der Waals surface area contributed by atoms with Crippen molar-refractivity contribution in [3.05, 3.63) is 95.6 Å². The normalized spacial score (nSPS) is 14.5. The lowest BCUT2D eigenvalue weighted by atomic mass is 10.1. The van der Waals surface area contributed by atoms with Gasteiger partial charge in [0.15, 0.2) is 0 Å². The number of rotatable bonds is 8. The van der Waals surface area contributed by atoms with E-state index in [9.17, 15) is 13.2 Å². The Balaban J connectivity index is 1.31. The first-order chi connectivity index (χ1) is 16.0. The fourth-order valence-corrected chi connectivity index (χ4v) is 4.96. The number of sulfonamides is 1. The van der Waals surface area contributed by atoms with Crippen LogP contribution in [-0.4, -0.2) is 44.9 Å². The van der Waals surface area contributed by atoms with E-state index in [1.54, 1.807) is 48.5 Å². The Kier molecular flexibility index (Phi) is 7.39. The molecule has 0 spiro atoms. The third-order valence-electron chi connectivity index (χ3n) is 5.29. The van der Waals surface area contributed by atoms with Crippen LogP contribution in [0, 0.1) is 0 Å². The zero-order valence-electron chi connectivity index (χ0n) is 18.1. The third-order valence-corrected chi connectivity index (χ3v) is 7.14. The van der Waals surface area contributed by atoms with Crippen molar-refractivity contribution in [3.8, 4) is 5.75 Å². The maximum atomic E-state index is 12.6. The molecule has 1 aliphatic heterocycles. The maximum Gasteiger partial charge on any atom is 0.255 e. The second-order valence-corrected chi connectivity index (χ2v) is 9.69. The topological polar surface area (TPSA) is 84.9 Å². The fourth-order valence-electron chi connectivity index (χ4n) is 3.46. The maximum absolute atomic E-state index is 12.6. The second kappa shape index (κ2) is 10.6. The van der Waals surface area contributed by atoms with Crippen LogP contribution >= 0.6 is 0 Å². The zero-order chi connectivity index (χ0) is 23.1. The van der Waals surface area contributed by atoms with Gasteiger partial charge in [0.1, 0.15) is 12.4 Å². The minimum atomic E-state index is -3.40. The summed E-state index contributed by atoms with van der Waals surface area (Å²) < 4.78 is 37.5. The monoisotopic (exact) mass is 466 g/mol. The molecule has 0 aromatic heterocycles. The van der Waals surface area contributed by atoms with Crippen molar-refractivity contribution >= 4 is 21.6 Å². The lowest BCUT2D eigenvalue weighted by Crippen LogP contribution is -2.41. The smallest absolute Gasteiger partial charge is 0.255 e. The average molecular weight is 467 g/mol. The first-order valence-electron chi connectivity index (χ1n) is 10.7. The predicted octanol–water partition coefficient (Wildman–Crippen LogP) is 3.68. The van der Waals surface area contributed by atoms with Crippen LogP contribution < -0.4 is 10.1 Å². The molecule has 0 saturated carbocycles. The Morgan fingerprint density at radius 1 is 0.879 bits per heavy atom. The van der Waals surface area contributed by atoms with E-state index in [0.717, 1.165) is 5.56 Å². The lowest BCUT2D eigenvalue weighted by molar-refractivity contribution is 0.0729. The van der Waals surface area contributed by atoms with Crippen LogP contribution in [0.25, 0.3) is 0 Å². The molecular formula is C25H26N2O5S. The average Bonchev–Trinajstić information content (AvgIpc) is 2.85. The van der Waals surface area contributed by atoms with Gasteiger partial charge in [-0.25, -0.2) is 8.42 Å². The summed E-state index contributed by atoms with van der Waals surface area (Å²) in [5, 5.41) is 2.84. The number of anilines is 1. The van der Waals surface area contributed by atoms with Crippen LogP contribution in [0.2, 0.25) is 0 Å². The van der Waals surface area contributed by atoms with Gasteiger partial charge in [0.05, 0.1) is 19.0 Å². The van der Waals surface area contributed by atoms with Gasteiger partial charge in [-0.05, 0) is 47.5 Å². The van der Waals surface area contributed by atoms with Crippen molar-refractivity contribution in [1.29, 1.82) is 0 Å². The van der Waals surface area contributed by atoms with Gasteiger partial charge in [0.2, 0.25) is 10.0 Å². The largest absolute Gasteiger partial charge is 0.489 e. The SMILES string of the molecule is O=C(Nc1ccc(OCc2ccccc2)cc1)c1ccc(CS(=O)(=O)N2CCOCC2)cc1. The van der Waals surface area contributed by atoms with Gasteiger partial charge in [-0.3, -0.25) is 4.79 Å². The molecule has 1 aliphatic rings. The molecule has 1 fully saturated rings. The molecule has 0 bridgehead atoms. The molecule has 0 atom stereocenters. The number of ether oxygens (including phenoxy) is 2. The van der Waals surface area contributed by atoms with Crippen LogP contribution in [0.4, 0.5) is 5.69 Å². The number of amides is 1. The van der Waals surface area contributed by atoms with Gasteiger partial charge in [-0.15, -0.1) is 0 Å². The van der Waals surface area contributed by atoms with Gasteiger partial charge in [-0.1, -0.05) is 42.5 Å². The molecule has 1 saturated heterocycles. The molecule has 33 heavy (non-hydrogen) atoms. The van der Waals surface area contributed by atoms with E-state index in [4.69, 9.17) is 9.47 Å². The molecule has 0 radical (unpaired) electrons. The summed E-state index contributed by atoms with van der Waals surface area (Å²) >= 11 is 0. The van der Waals surface area contributed by atoms with Gasteiger partial charge in [0.25, 0.3) is 5.91 Å². The number of benzene rings is 3. The Labute approximate surface area is 194 Å². The van der Waals surface area contributed by atoms with E-state index < -0.39 is 10.0 Å². The first-order valence-corrected chi connectivity index (χ1v) is 12.3.